The SMILES string of the molecule is CC1c2ccc(C(=O)NCc3nc4ccccc4[nH]3)cc2CN(CCc2ccccc2)NC1C(=O)C(=O)O. The van der Waals surface area contributed by atoms with Crippen molar-refractivity contribution >= 4 is 28.7 Å². The molecule has 2 atom stereocenters. The number of aromatic amines is 1. The first-order valence-corrected chi connectivity index (χ1v) is 12.6. The van der Waals surface area contributed by atoms with Gasteiger partial charge in [0.25, 0.3) is 11.7 Å². The average Bonchev–Trinajstić information content (AvgIpc) is 3.30. The molecule has 1 aromatic heterocycles. The summed E-state index contributed by atoms with van der Waals surface area (Å²) in [4.78, 5) is 44.9. The molecule has 0 saturated carbocycles. The number of nitrogens with one attached hydrogen (secondary N) is 3. The number of rotatable bonds is 8. The standard InChI is InChI=1S/C29H29N5O4/c1-18-22-12-11-20(28(36)30-16-25-31-23-9-5-6-10-24(23)32-25)15-21(22)17-34(33-26(18)27(35)29(37)38)14-13-19-7-3-2-4-8-19/h2-12,15,18,26,33H,13-14,16-17H2,1H3,(H,30,36)(H,31,32)(H,37,38). The molecule has 2 heterocycles. The van der Waals surface area contributed by atoms with Crippen molar-refractivity contribution in [3.8, 4) is 0 Å². The van der Waals surface area contributed by atoms with Crippen LogP contribution < -0.4 is 10.7 Å². The minimum atomic E-state index is -1.47. The second kappa shape index (κ2) is 11.0. The van der Waals surface area contributed by atoms with E-state index >= 15 is 0 Å². The minimum Gasteiger partial charge on any atom is -0.475 e. The zero-order valence-corrected chi connectivity index (χ0v) is 21.0. The van der Waals surface area contributed by atoms with Crippen molar-refractivity contribution in [3.05, 3.63) is 101 Å². The molecule has 0 bridgehead atoms. The van der Waals surface area contributed by atoms with Gasteiger partial charge in [-0.05, 0) is 47.4 Å². The lowest BCUT2D eigenvalue weighted by atomic mass is 9.87. The summed E-state index contributed by atoms with van der Waals surface area (Å²) < 4.78 is 0. The van der Waals surface area contributed by atoms with Gasteiger partial charge in [0.1, 0.15) is 5.82 Å². The van der Waals surface area contributed by atoms with Crippen LogP contribution in [0.2, 0.25) is 0 Å². The Morgan fingerprint density at radius 3 is 2.58 bits per heavy atom. The Hall–Kier alpha value is -4.34. The molecule has 0 aliphatic carbocycles. The van der Waals surface area contributed by atoms with Crippen LogP contribution in [0.4, 0.5) is 0 Å². The second-order valence-electron chi connectivity index (χ2n) is 9.52. The van der Waals surface area contributed by atoms with Crippen LogP contribution in [0.1, 0.15) is 45.7 Å². The number of hydrazine groups is 1. The molecular formula is C29H29N5O4. The first-order chi connectivity index (χ1) is 18.4. The summed E-state index contributed by atoms with van der Waals surface area (Å²) >= 11 is 0. The van der Waals surface area contributed by atoms with Crippen LogP contribution in [0.5, 0.6) is 0 Å². The predicted octanol–water partition coefficient (Wildman–Crippen LogP) is 3.18. The normalized spacial score (nSPS) is 17.5. The molecular weight excluding hydrogens is 482 g/mol. The molecule has 0 saturated heterocycles. The van der Waals surface area contributed by atoms with Gasteiger partial charge in [-0.25, -0.2) is 20.2 Å². The van der Waals surface area contributed by atoms with Gasteiger partial charge < -0.3 is 15.4 Å². The molecule has 9 heteroatoms. The van der Waals surface area contributed by atoms with Crippen LogP contribution in [0.15, 0.2) is 72.8 Å². The first-order valence-electron chi connectivity index (χ1n) is 12.6. The van der Waals surface area contributed by atoms with Gasteiger partial charge in [-0.1, -0.05) is 55.5 Å². The number of fused-ring (bicyclic) bond motifs is 2. The fourth-order valence-electron chi connectivity index (χ4n) is 4.89. The van der Waals surface area contributed by atoms with Gasteiger partial charge in [-0.2, -0.15) is 0 Å². The molecule has 5 rings (SSSR count). The summed E-state index contributed by atoms with van der Waals surface area (Å²) in [5.74, 6) is -2.34. The van der Waals surface area contributed by atoms with Gasteiger partial charge in [-0.15, -0.1) is 0 Å². The Morgan fingerprint density at radius 1 is 1.05 bits per heavy atom. The van der Waals surface area contributed by atoms with E-state index in [9.17, 15) is 19.5 Å². The molecule has 1 amide bonds. The van der Waals surface area contributed by atoms with Gasteiger partial charge in [-0.3, -0.25) is 9.59 Å². The number of H-pyrrole nitrogens is 1. The zero-order valence-electron chi connectivity index (χ0n) is 21.0. The summed E-state index contributed by atoms with van der Waals surface area (Å²) in [5.41, 5.74) is 8.23. The monoisotopic (exact) mass is 511 g/mol. The second-order valence-corrected chi connectivity index (χ2v) is 9.52. The van der Waals surface area contributed by atoms with Crippen LogP contribution in [-0.4, -0.2) is 50.3 Å². The third kappa shape index (κ3) is 5.49. The number of nitrogens with zero attached hydrogens (tertiary/aromatic N) is 2. The molecule has 1 aliphatic heterocycles. The maximum Gasteiger partial charge on any atom is 0.373 e. The number of para-hydroxylation sites is 2. The maximum absolute atomic E-state index is 13.0. The largest absolute Gasteiger partial charge is 0.475 e. The van der Waals surface area contributed by atoms with Crippen LogP contribution in [0.3, 0.4) is 0 Å². The molecule has 194 valence electrons. The summed E-state index contributed by atoms with van der Waals surface area (Å²) in [7, 11) is 0. The minimum absolute atomic E-state index is 0.243. The van der Waals surface area contributed by atoms with Gasteiger partial charge >= 0.3 is 5.97 Å². The van der Waals surface area contributed by atoms with Crippen molar-refractivity contribution in [2.45, 2.75) is 38.4 Å². The Labute approximate surface area is 219 Å². The zero-order chi connectivity index (χ0) is 26.6. The quantitative estimate of drug-likeness (QED) is 0.268. The highest BCUT2D eigenvalue weighted by molar-refractivity contribution is 6.35. The van der Waals surface area contributed by atoms with Crippen LogP contribution in [0.25, 0.3) is 11.0 Å². The van der Waals surface area contributed by atoms with Gasteiger partial charge in [0.2, 0.25) is 0 Å². The number of carboxylic acid groups (broad SMARTS) is 1. The van der Waals surface area contributed by atoms with Crippen LogP contribution >= 0.6 is 0 Å². The van der Waals surface area contributed by atoms with E-state index in [1.807, 2.05) is 78.7 Å². The number of carbonyl (C=O) groups excluding carboxylic acids is 2. The summed E-state index contributed by atoms with van der Waals surface area (Å²) in [6.45, 7) is 3.06. The number of hydrogen-bond acceptors (Lipinski definition) is 6. The van der Waals surface area contributed by atoms with Crippen molar-refractivity contribution in [1.29, 1.82) is 0 Å². The summed E-state index contributed by atoms with van der Waals surface area (Å²) in [6, 6.07) is 22.1. The molecule has 2 unspecified atom stereocenters. The number of imidazole rings is 1. The topological polar surface area (TPSA) is 127 Å². The molecule has 0 radical (unpaired) electrons. The van der Waals surface area contributed by atoms with Gasteiger partial charge in [0.15, 0.2) is 0 Å². The fourth-order valence-corrected chi connectivity index (χ4v) is 4.89. The highest BCUT2D eigenvalue weighted by Gasteiger charge is 2.36. The van der Waals surface area contributed by atoms with Gasteiger partial charge in [0, 0.05) is 24.6 Å². The lowest BCUT2D eigenvalue weighted by molar-refractivity contribution is -0.151. The van der Waals surface area contributed by atoms with Crippen molar-refractivity contribution in [2.24, 2.45) is 0 Å². The first kappa shape index (κ1) is 25.3. The van der Waals surface area contributed by atoms with E-state index in [0.29, 0.717) is 30.9 Å². The smallest absolute Gasteiger partial charge is 0.373 e. The molecule has 3 aromatic carbocycles. The van der Waals surface area contributed by atoms with Gasteiger partial charge in [0.05, 0.1) is 23.6 Å². The van der Waals surface area contributed by atoms with E-state index in [4.69, 9.17) is 0 Å². The lowest BCUT2D eigenvalue weighted by Gasteiger charge is -2.26. The number of amides is 1. The third-order valence-electron chi connectivity index (χ3n) is 6.94. The number of carboxylic acids is 1. The highest BCUT2D eigenvalue weighted by atomic mass is 16.4. The van der Waals surface area contributed by atoms with E-state index in [1.54, 1.807) is 6.07 Å². The molecule has 0 spiro atoms. The van der Waals surface area contributed by atoms with E-state index < -0.39 is 23.7 Å². The Morgan fingerprint density at radius 2 is 1.82 bits per heavy atom. The van der Waals surface area contributed by atoms with Crippen LogP contribution in [0, 0.1) is 0 Å². The Balaban J connectivity index is 1.36. The number of benzene rings is 3. The average molecular weight is 512 g/mol. The summed E-state index contributed by atoms with van der Waals surface area (Å²) in [5, 5.41) is 14.2. The molecule has 4 N–H and O–H groups in total. The molecule has 38 heavy (non-hydrogen) atoms. The maximum atomic E-state index is 13.0. The number of ketones is 1. The summed E-state index contributed by atoms with van der Waals surface area (Å²) in [6.07, 6.45) is 0.712. The van der Waals surface area contributed by atoms with Crippen molar-refractivity contribution in [3.63, 3.8) is 0 Å². The van der Waals surface area contributed by atoms with Crippen molar-refractivity contribution in [1.82, 2.24) is 25.7 Å². The van der Waals surface area contributed by atoms with Crippen LogP contribution in [-0.2, 0) is 29.1 Å². The third-order valence-corrected chi connectivity index (χ3v) is 6.94. The Kier molecular flexibility index (Phi) is 7.30. The molecule has 4 aromatic rings. The lowest BCUT2D eigenvalue weighted by Crippen LogP contribution is -2.51. The van der Waals surface area contributed by atoms with E-state index in [1.165, 1.54) is 0 Å². The number of aliphatic carboxylic acids is 1. The van der Waals surface area contributed by atoms with Crippen molar-refractivity contribution < 1.29 is 19.5 Å². The van der Waals surface area contributed by atoms with E-state index in [0.717, 1.165) is 27.7 Å². The number of carbonyl (C=O) groups is 3. The van der Waals surface area contributed by atoms with E-state index in [2.05, 4.69) is 20.7 Å². The fraction of sp³-hybridized carbons (Fsp3) is 0.241. The number of Topliss-reactive ketones (excluding diaryl/α,β-unsaturated/α-hetero) is 1. The van der Waals surface area contributed by atoms with E-state index in [-0.39, 0.29) is 12.5 Å². The Bertz CT molecular complexity index is 1450. The molecule has 1 aliphatic rings. The number of hydrogen-bond donors (Lipinski definition) is 4. The predicted molar refractivity (Wildman–Crippen MR) is 142 cm³/mol. The van der Waals surface area contributed by atoms with Crippen molar-refractivity contribution in [2.75, 3.05) is 6.54 Å². The molecule has 0 fully saturated rings. The number of aromatic nitrogens is 2. The highest BCUT2D eigenvalue weighted by Crippen LogP contribution is 2.29. The molecule has 9 nitrogen and oxygen atoms in total.